The first-order valence-electron chi connectivity index (χ1n) is 6.93. The number of anilines is 1. The molecule has 3 aromatic heterocycles. The number of H-pyrrole nitrogens is 1. The SMILES string of the molecule is Cc1c(CNCCCNc2nn3nccc3[nH]2)sc(Br)c1Br. The topological polar surface area (TPSA) is 70.0 Å². The summed E-state index contributed by atoms with van der Waals surface area (Å²) in [7, 11) is 0. The second-order valence-electron chi connectivity index (χ2n) is 4.87. The highest BCUT2D eigenvalue weighted by Gasteiger charge is 2.10. The zero-order valence-corrected chi connectivity index (χ0v) is 16.0. The highest BCUT2D eigenvalue weighted by molar-refractivity contribution is 9.13. The number of nitrogens with one attached hydrogen (secondary N) is 3. The van der Waals surface area contributed by atoms with Crippen LogP contribution in [0.3, 0.4) is 0 Å². The van der Waals surface area contributed by atoms with E-state index in [-0.39, 0.29) is 0 Å². The van der Waals surface area contributed by atoms with E-state index in [0.717, 1.165) is 41.4 Å². The Labute approximate surface area is 148 Å². The molecule has 0 atom stereocenters. The molecule has 22 heavy (non-hydrogen) atoms. The summed E-state index contributed by atoms with van der Waals surface area (Å²) in [5.74, 6) is 0.755. The van der Waals surface area contributed by atoms with Gasteiger partial charge in [-0.25, -0.2) is 0 Å². The molecule has 6 nitrogen and oxygen atoms in total. The van der Waals surface area contributed by atoms with Crippen LogP contribution in [0.2, 0.25) is 0 Å². The van der Waals surface area contributed by atoms with Crippen LogP contribution in [-0.2, 0) is 6.54 Å². The Balaban J connectivity index is 1.37. The largest absolute Gasteiger partial charge is 0.354 e. The van der Waals surface area contributed by atoms with E-state index in [9.17, 15) is 0 Å². The highest BCUT2D eigenvalue weighted by Crippen LogP contribution is 2.36. The molecule has 0 saturated heterocycles. The number of nitrogens with zero attached hydrogens (tertiary/aromatic N) is 3. The number of hydrogen-bond acceptors (Lipinski definition) is 5. The summed E-state index contributed by atoms with van der Waals surface area (Å²) in [5.41, 5.74) is 2.20. The summed E-state index contributed by atoms with van der Waals surface area (Å²) in [5, 5.41) is 15.1. The van der Waals surface area contributed by atoms with Gasteiger partial charge in [-0.2, -0.15) is 5.10 Å². The van der Waals surface area contributed by atoms with Crippen molar-refractivity contribution in [2.24, 2.45) is 0 Å². The van der Waals surface area contributed by atoms with Gasteiger partial charge in [0, 0.05) is 28.5 Å². The summed E-state index contributed by atoms with van der Waals surface area (Å²) >= 11 is 8.91. The monoisotopic (exact) mass is 446 g/mol. The lowest BCUT2D eigenvalue weighted by Gasteiger charge is -2.05. The van der Waals surface area contributed by atoms with Crippen LogP contribution in [-0.4, -0.2) is 32.9 Å². The van der Waals surface area contributed by atoms with Crippen molar-refractivity contribution in [3.63, 3.8) is 0 Å². The second kappa shape index (κ2) is 7.12. The Hall–Kier alpha value is -0.900. The van der Waals surface area contributed by atoms with E-state index in [4.69, 9.17) is 0 Å². The van der Waals surface area contributed by atoms with Crippen LogP contribution in [0.25, 0.3) is 5.65 Å². The van der Waals surface area contributed by atoms with Gasteiger partial charge in [0.2, 0.25) is 5.95 Å². The molecule has 3 aromatic rings. The fourth-order valence-corrected chi connectivity index (χ4v) is 4.46. The van der Waals surface area contributed by atoms with E-state index in [1.165, 1.54) is 14.9 Å². The Morgan fingerprint density at radius 2 is 2.23 bits per heavy atom. The lowest BCUT2D eigenvalue weighted by molar-refractivity contribution is 0.665. The standard InChI is InChI=1S/C13H16Br2N6S/c1-8-9(22-12(15)11(8)14)7-16-4-2-5-17-13-19-10-3-6-18-21(10)20-13/h3,6,16H,2,4-5,7H2,1H3,(H2,17,19,20). The van der Waals surface area contributed by atoms with Crippen molar-refractivity contribution in [1.29, 1.82) is 0 Å². The van der Waals surface area contributed by atoms with E-state index >= 15 is 0 Å². The molecule has 0 aliphatic rings. The third kappa shape index (κ3) is 3.53. The number of halogens is 2. The van der Waals surface area contributed by atoms with Crippen LogP contribution in [0.15, 0.2) is 20.5 Å². The average molecular weight is 448 g/mol. The molecule has 3 heterocycles. The van der Waals surface area contributed by atoms with Gasteiger partial charge in [0.1, 0.15) is 0 Å². The van der Waals surface area contributed by atoms with Crippen LogP contribution in [0.1, 0.15) is 16.9 Å². The van der Waals surface area contributed by atoms with Gasteiger partial charge in [-0.15, -0.1) is 21.1 Å². The van der Waals surface area contributed by atoms with Crippen LogP contribution in [0.4, 0.5) is 5.95 Å². The summed E-state index contributed by atoms with van der Waals surface area (Å²) in [6, 6.07) is 1.89. The maximum atomic E-state index is 4.27. The van der Waals surface area contributed by atoms with Gasteiger partial charge in [0.15, 0.2) is 5.65 Å². The second-order valence-corrected chi connectivity index (χ2v) is 8.09. The molecule has 0 fully saturated rings. The molecular weight excluding hydrogens is 432 g/mol. The molecule has 0 amide bonds. The molecule has 0 aliphatic heterocycles. The number of fused-ring (bicyclic) bond motifs is 1. The van der Waals surface area contributed by atoms with E-state index in [0.29, 0.717) is 0 Å². The molecular formula is C13H16Br2N6S. The van der Waals surface area contributed by atoms with Crippen molar-refractivity contribution in [2.75, 3.05) is 18.4 Å². The van der Waals surface area contributed by atoms with E-state index in [2.05, 4.69) is 64.6 Å². The quantitative estimate of drug-likeness (QED) is 0.484. The predicted molar refractivity (Wildman–Crippen MR) is 96.6 cm³/mol. The molecule has 0 radical (unpaired) electrons. The normalized spacial score (nSPS) is 11.4. The predicted octanol–water partition coefficient (Wildman–Crippen LogP) is 3.54. The highest BCUT2D eigenvalue weighted by atomic mass is 79.9. The fourth-order valence-electron chi connectivity index (χ4n) is 2.08. The Morgan fingerprint density at radius 3 is 2.95 bits per heavy atom. The Morgan fingerprint density at radius 1 is 1.36 bits per heavy atom. The molecule has 3 N–H and O–H groups in total. The number of aromatic amines is 1. The van der Waals surface area contributed by atoms with Crippen molar-refractivity contribution in [3.8, 4) is 0 Å². The van der Waals surface area contributed by atoms with Gasteiger partial charge in [0.25, 0.3) is 0 Å². The molecule has 0 saturated carbocycles. The van der Waals surface area contributed by atoms with Crippen LogP contribution in [0.5, 0.6) is 0 Å². The van der Waals surface area contributed by atoms with Gasteiger partial charge in [-0.1, -0.05) is 0 Å². The molecule has 118 valence electrons. The van der Waals surface area contributed by atoms with Crippen molar-refractivity contribution in [2.45, 2.75) is 19.9 Å². The van der Waals surface area contributed by atoms with Gasteiger partial charge in [0.05, 0.1) is 9.98 Å². The lowest BCUT2D eigenvalue weighted by atomic mass is 10.3. The summed E-state index contributed by atoms with van der Waals surface area (Å²) in [4.78, 5) is 4.52. The summed E-state index contributed by atoms with van der Waals surface area (Å²) in [6.07, 6.45) is 2.74. The molecule has 0 unspecified atom stereocenters. The van der Waals surface area contributed by atoms with Crippen molar-refractivity contribution in [3.05, 3.63) is 31.0 Å². The van der Waals surface area contributed by atoms with Crippen LogP contribution in [0, 0.1) is 6.92 Å². The minimum Gasteiger partial charge on any atom is -0.354 e. The van der Waals surface area contributed by atoms with Crippen molar-refractivity contribution < 1.29 is 0 Å². The number of aromatic nitrogens is 4. The van der Waals surface area contributed by atoms with Gasteiger partial charge >= 0.3 is 0 Å². The first-order chi connectivity index (χ1) is 10.6. The van der Waals surface area contributed by atoms with Crippen molar-refractivity contribution in [1.82, 2.24) is 25.1 Å². The molecule has 3 rings (SSSR count). The fraction of sp³-hybridized carbons (Fsp3) is 0.385. The molecule has 9 heteroatoms. The number of hydrogen-bond donors (Lipinski definition) is 3. The molecule has 0 aliphatic carbocycles. The lowest BCUT2D eigenvalue weighted by Crippen LogP contribution is -2.17. The Bertz CT molecular complexity index is 733. The van der Waals surface area contributed by atoms with Crippen LogP contribution >= 0.6 is 43.2 Å². The Kier molecular flexibility index (Phi) is 5.17. The minimum absolute atomic E-state index is 0.755. The summed E-state index contributed by atoms with van der Waals surface area (Å²) < 4.78 is 3.90. The third-order valence-electron chi connectivity index (χ3n) is 3.31. The van der Waals surface area contributed by atoms with E-state index in [1.54, 1.807) is 22.2 Å². The molecule has 0 aromatic carbocycles. The average Bonchev–Trinajstić information content (AvgIpc) is 3.14. The summed E-state index contributed by atoms with van der Waals surface area (Å²) in [6.45, 7) is 4.85. The zero-order valence-electron chi connectivity index (χ0n) is 12.0. The zero-order chi connectivity index (χ0) is 15.5. The first-order valence-corrected chi connectivity index (χ1v) is 9.33. The van der Waals surface area contributed by atoms with Gasteiger partial charge in [-0.3, -0.25) is 0 Å². The first kappa shape index (κ1) is 16.0. The number of thiophene rings is 1. The minimum atomic E-state index is 0.755. The molecule has 0 spiro atoms. The third-order valence-corrected chi connectivity index (χ3v) is 7.05. The smallest absolute Gasteiger partial charge is 0.222 e. The molecule has 0 bridgehead atoms. The van der Waals surface area contributed by atoms with Crippen molar-refractivity contribution >= 4 is 54.8 Å². The maximum absolute atomic E-state index is 4.27. The van der Waals surface area contributed by atoms with Crippen LogP contribution < -0.4 is 10.6 Å². The van der Waals surface area contributed by atoms with E-state index in [1.807, 2.05) is 6.07 Å². The maximum Gasteiger partial charge on any atom is 0.222 e. The van der Waals surface area contributed by atoms with E-state index < -0.39 is 0 Å². The number of rotatable bonds is 7. The van der Waals surface area contributed by atoms with Gasteiger partial charge < -0.3 is 15.6 Å². The van der Waals surface area contributed by atoms with Gasteiger partial charge in [-0.05, 0) is 57.3 Å².